The maximum absolute atomic E-state index is 10.2. The Labute approximate surface area is 388 Å². The van der Waals surface area contributed by atoms with Crippen LogP contribution in [0.1, 0.15) is 88.5 Å². The van der Waals surface area contributed by atoms with E-state index in [-0.39, 0.29) is 36.5 Å². The number of aliphatic hydroxyl groups excluding tert-OH is 2. The third kappa shape index (κ3) is 56.4. The van der Waals surface area contributed by atoms with Gasteiger partial charge in [-0.25, -0.2) is 0 Å². The Kier molecular flexibility index (Phi) is 51.7. The number of carboxylic acid groups (broad SMARTS) is 8. The standard InChI is InChI=1S/C6H13NO2.3C5H11NO2.2C4H8N2O3.2C4H9NO3/c1-3-4(2)5(7)6(8)9;3*1-3(2)4(6)5(7)8;2*5-2(4(8)9)1-3(6)7;2*1-2(6)3(5)4(7)8/h4-5H,3,7H2,1-2H3,(H,8,9);3*3-4H,6H2,1-2H3,(H,7,8);2*2H,1,5H2,(H2,6,7)(H,8,9);2*2-3,6H,5H2,1H3,(H,7,8)/t4-,5-;3*4-;2*2-;2*2-,3+/m00000011/s1. The van der Waals surface area contributed by atoms with Crippen LogP contribution in [0.4, 0.5) is 0 Å². The average molecular weight is 985 g/mol. The predicted octanol–water partition coefficient (Wildman–Crippen LogP) is -5.29. The maximum Gasteiger partial charge on any atom is 0.323 e. The van der Waals surface area contributed by atoms with Crippen LogP contribution in [0.2, 0.25) is 0 Å². The highest BCUT2D eigenvalue weighted by molar-refractivity contribution is 5.83. The molecule has 0 radical (unpaired) electrons. The number of aliphatic hydroxyl groups is 2. The second-order valence-electron chi connectivity index (χ2n) is 15.0. The molecule has 0 aromatic carbocycles. The molecule has 0 unspecified atom stereocenters. The Bertz CT molecular complexity index is 1280. The van der Waals surface area contributed by atoms with E-state index in [1.165, 1.54) is 13.8 Å². The first-order chi connectivity index (χ1) is 29.9. The predicted molar refractivity (Wildman–Crippen MR) is 240 cm³/mol. The average Bonchev–Trinajstić information content (AvgIpc) is 3.19. The molecule has 0 saturated heterocycles. The Morgan fingerprint density at radius 1 is 0.343 bits per heavy atom. The quantitative estimate of drug-likeness (QED) is 0.0575. The van der Waals surface area contributed by atoms with Gasteiger partial charge in [-0.05, 0) is 37.5 Å². The molecule has 0 aliphatic rings. The van der Waals surface area contributed by atoms with Gasteiger partial charge in [0.2, 0.25) is 11.8 Å². The van der Waals surface area contributed by atoms with E-state index in [4.69, 9.17) is 96.9 Å². The molecule has 398 valence electrons. The number of hydrogen-bond acceptors (Lipinski definition) is 20. The summed E-state index contributed by atoms with van der Waals surface area (Å²) in [5, 5.41) is 82.3. The van der Waals surface area contributed by atoms with Crippen molar-refractivity contribution in [2.24, 2.45) is 81.0 Å². The van der Waals surface area contributed by atoms with Gasteiger partial charge in [0.15, 0.2) is 0 Å². The number of carbonyl (C=O) groups is 10. The lowest BCUT2D eigenvalue weighted by molar-refractivity contribution is -0.141. The van der Waals surface area contributed by atoms with E-state index in [9.17, 15) is 47.9 Å². The van der Waals surface area contributed by atoms with Crippen molar-refractivity contribution in [3.05, 3.63) is 0 Å². The molecule has 0 aliphatic carbocycles. The molecule has 0 rings (SSSR count). The van der Waals surface area contributed by atoms with Crippen LogP contribution in [0, 0.1) is 23.7 Å². The van der Waals surface area contributed by atoms with Crippen LogP contribution in [-0.4, -0.2) is 171 Å². The lowest BCUT2D eigenvalue weighted by Gasteiger charge is -2.11. The van der Waals surface area contributed by atoms with Crippen LogP contribution in [0.3, 0.4) is 0 Å². The van der Waals surface area contributed by atoms with Crippen molar-refractivity contribution < 1.29 is 99.0 Å². The molecular formula is C37H80N10O20. The van der Waals surface area contributed by atoms with Gasteiger partial charge in [0.05, 0.1) is 25.0 Å². The molecule has 30 heteroatoms. The van der Waals surface area contributed by atoms with Crippen molar-refractivity contribution >= 4 is 59.6 Å². The topological polar surface area (TPSA) is 633 Å². The SMILES string of the molecule is CC(C)[C@H](N)C(=O)O.CC(C)[C@H](N)C(=O)O.CC(C)[C@H](N)C(=O)O.CC[C@H](C)[C@H](N)C(=O)O.C[C@@H](O)[C@H](N)C(=O)O.C[C@@H](O)[C@H](N)C(=O)O.NC(=O)C[C@H](N)C(=O)O.NC(=O)C[C@H](N)C(=O)O. The first-order valence-corrected chi connectivity index (χ1v) is 19.7. The van der Waals surface area contributed by atoms with Gasteiger partial charge in [-0.15, -0.1) is 0 Å². The summed E-state index contributed by atoms with van der Waals surface area (Å²) in [6.07, 6.45) is -1.77. The van der Waals surface area contributed by atoms with Gasteiger partial charge in [0.25, 0.3) is 0 Å². The van der Waals surface area contributed by atoms with Gasteiger partial charge in [0, 0.05) is 0 Å². The summed E-state index contributed by atoms with van der Waals surface area (Å²) in [4.78, 5) is 99.7. The second kappa shape index (κ2) is 44.2. The fourth-order valence-corrected chi connectivity index (χ4v) is 2.37. The van der Waals surface area contributed by atoms with Crippen LogP contribution in [-0.2, 0) is 47.9 Å². The Balaban J connectivity index is -0.0000000990. The van der Waals surface area contributed by atoms with Crippen LogP contribution >= 0.6 is 0 Å². The van der Waals surface area contributed by atoms with E-state index < -0.39 is 120 Å². The summed E-state index contributed by atoms with van der Waals surface area (Å²) < 4.78 is 0. The first kappa shape index (κ1) is 78.5. The molecule has 0 saturated carbocycles. The van der Waals surface area contributed by atoms with E-state index in [2.05, 4.69) is 11.5 Å². The summed E-state index contributed by atoms with van der Waals surface area (Å²) in [5.41, 5.74) is 49.7. The van der Waals surface area contributed by atoms with Gasteiger partial charge in [-0.2, -0.15) is 0 Å². The molecule has 11 atom stereocenters. The molecule has 0 heterocycles. The minimum atomic E-state index is -1.21. The van der Waals surface area contributed by atoms with Gasteiger partial charge in [0.1, 0.15) is 48.3 Å². The van der Waals surface area contributed by atoms with Gasteiger partial charge >= 0.3 is 47.8 Å². The number of hydrogen-bond donors (Lipinski definition) is 20. The number of nitrogens with two attached hydrogens (primary N) is 10. The Morgan fingerprint density at radius 2 is 0.522 bits per heavy atom. The highest BCUT2D eigenvalue weighted by Gasteiger charge is 2.19. The minimum Gasteiger partial charge on any atom is -0.480 e. The maximum atomic E-state index is 10.2. The summed E-state index contributed by atoms with van der Waals surface area (Å²) in [6.45, 7) is 17.1. The number of aliphatic carboxylic acids is 8. The first-order valence-electron chi connectivity index (χ1n) is 19.7. The van der Waals surface area contributed by atoms with Crippen LogP contribution in [0.15, 0.2) is 0 Å². The summed E-state index contributed by atoms with van der Waals surface area (Å²) >= 11 is 0. The molecule has 0 fully saturated rings. The molecule has 30 N–H and O–H groups in total. The number of primary amides is 2. The van der Waals surface area contributed by atoms with E-state index in [1.807, 2.05) is 13.8 Å². The normalized spacial score (nSPS) is 14.8. The van der Waals surface area contributed by atoms with Crippen molar-refractivity contribution in [1.29, 1.82) is 0 Å². The lowest BCUT2D eigenvalue weighted by atomic mass is 10.0. The number of rotatable bonds is 19. The number of carbonyl (C=O) groups excluding carboxylic acids is 2. The fraction of sp³-hybridized carbons (Fsp3) is 0.730. The van der Waals surface area contributed by atoms with Crippen LogP contribution in [0.25, 0.3) is 0 Å². The van der Waals surface area contributed by atoms with Crippen molar-refractivity contribution in [1.82, 2.24) is 0 Å². The largest absolute Gasteiger partial charge is 0.480 e. The molecule has 30 nitrogen and oxygen atoms in total. The Morgan fingerprint density at radius 3 is 0.552 bits per heavy atom. The third-order valence-electron chi connectivity index (χ3n) is 7.64. The van der Waals surface area contributed by atoms with Gasteiger partial charge in [-0.3, -0.25) is 47.9 Å². The molecule has 0 aliphatic heterocycles. The van der Waals surface area contributed by atoms with Gasteiger partial charge in [-0.1, -0.05) is 61.8 Å². The molecule has 0 aromatic rings. The molecular weight excluding hydrogens is 904 g/mol. The van der Waals surface area contributed by atoms with E-state index in [0.29, 0.717) is 0 Å². The molecule has 0 aromatic heterocycles. The van der Waals surface area contributed by atoms with Crippen LogP contribution in [0.5, 0.6) is 0 Å². The van der Waals surface area contributed by atoms with E-state index >= 15 is 0 Å². The molecule has 0 bridgehead atoms. The molecule has 0 spiro atoms. The van der Waals surface area contributed by atoms with Crippen molar-refractivity contribution in [3.63, 3.8) is 0 Å². The number of carboxylic acids is 8. The van der Waals surface area contributed by atoms with Crippen molar-refractivity contribution in [3.8, 4) is 0 Å². The highest BCUT2D eigenvalue weighted by atomic mass is 16.4. The van der Waals surface area contributed by atoms with E-state index in [1.54, 1.807) is 41.5 Å². The van der Waals surface area contributed by atoms with Crippen LogP contribution < -0.4 is 57.3 Å². The zero-order valence-electron chi connectivity index (χ0n) is 39.5. The van der Waals surface area contributed by atoms with Gasteiger partial charge < -0.3 is 108 Å². The van der Waals surface area contributed by atoms with E-state index in [0.717, 1.165) is 6.42 Å². The third-order valence-corrected chi connectivity index (χ3v) is 7.64. The minimum absolute atomic E-state index is 0.0208. The smallest absolute Gasteiger partial charge is 0.323 e. The number of amides is 2. The monoisotopic (exact) mass is 985 g/mol. The molecule has 2 amide bonds. The van der Waals surface area contributed by atoms with Crippen molar-refractivity contribution in [2.45, 2.75) is 149 Å². The highest BCUT2D eigenvalue weighted by Crippen LogP contribution is 2.04. The fourth-order valence-electron chi connectivity index (χ4n) is 2.37. The lowest BCUT2D eigenvalue weighted by Crippen LogP contribution is -2.39. The zero-order valence-corrected chi connectivity index (χ0v) is 39.5. The second-order valence-corrected chi connectivity index (χ2v) is 15.0. The zero-order chi connectivity index (χ0) is 56.0. The summed E-state index contributed by atoms with van der Waals surface area (Å²) in [7, 11) is 0. The summed E-state index contributed by atoms with van der Waals surface area (Å²) in [5.74, 6) is -9.77. The molecule has 67 heavy (non-hydrogen) atoms. The van der Waals surface area contributed by atoms with Crippen molar-refractivity contribution in [2.75, 3.05) is 0 Å². The Hall–Kier alpha value is -5.70. The summed E-state index contributed by atoms with van der Waals surface area (Å²) in [6, 6.07) is -7.48.